The molecule has 33 heavy (non-hydrogen) atoms. The molecule has 2 rings (SSSR count). The van der Waals surface area contributed by atoms with Gasteiger partial charge in [0.25, 0.3) is 0 Å². The summed E-state index contributed by atoms with van der Waals surface area (Å²) in [6.45, 7) is 5.23. The van der Waals surface area contributed by atoms with Gasteiger partial charge in [0, 0.05) is 12.2 Å². The monoisotopic (exact) mass is 462 g/mol. The number of hydrogen-bond donors (Lipinski definition) is 2. The van der Waals surface area contributed by atoms with E-state index in [4.69, 9.17) is 9.47 Å². The van der Waals surface area contributed by atoms with Crippen LogP contribution in [0.1, 0.15) is 29.7 Å². The van der Waals surface area contributed by atoms with Gasteiger partial charge in [-0.25, -0.2) is 9.59 Å². The molecule has 0 aliphatic heterocycles. The predicted molar refractivity (Wildman–Crippen MR) is 117 cm³/mol. The van der Waals surface area contributed by atoms with Crippen molar-refractivity contribution in [2.45, 2.75) is 25.7 Å². The predicted octanol–water partition coefficient (Wildman–Crippen LogP) is 4.90. The summed E-state index contributed by atoms with van der Waals surface area (Å²) in [4.78, 5) is 25.0. The summed E-state index contributed by atoms with van der Waals surface area (Å²) in [5, 5.41) is 5.54. The van der Waals surface area contributed by atoms with Gasteiger partial charge in [-0.15, -0.1) is 0 Å². The van der Waals surface area contributed by atoms with E-state index in [1.165, 1.54) is 18.2 Å². The van der Waals surface area contributed by atoms with E-state index < -0.39 is 29.8 Å². The van der Waals surface area contributed by atoms with Crippen molar-refractivity contribution in [1.82, 2.24) is 10.6 Å². The highest BCUT2D eigenvalue weighted by atomic mass is 19.4. The van der Waals surface area contributed by atoms with Gasteiger partial charge in [0.15, 0.2) is 0 Å². The largest absolute Gasteiger partial charge is 0.466 e. The Hall–Kier alpha value is -3.75. The SMILES string of the molecule is C=CCOC(=O)N[C@H](/C(C(=O)OC)=C(\C)NCc1ccccc1)c1cccc(C(F)(F)F)c1. The molecule has 176 valence electrons. The average Bonchev–Trinajstić information content (AvgIpc) is 2.81. The number of ether oxygens (including phenoxy) is 2. The first kappa shape index (κ1) is 25.5. The highest BCUT2D eigenvalue weighted by Gasteiger charge is 2.33. The number of rotatable bonds is 9. The smallest absolute Gasteiger partial charge is 0.416 e. The zero-order chi connectivity index (χ0) is 24.4. The van der Waals surface area contributed by atoms with Crippen LogP contribution in [0.3, 0.4) is 0 Å². The second kappa shape index (κ2) is 11.8. The maximum Gasteiger partial charge on any atom is 0.416 e. The van der Waals surface area contributed by atoms with Crippen molar-refractivity contribution in [3.8, 4) is 0 Å². The number of allylic oxidation sites excluding steroid dienone is 1. The van der Waals surface area contributed by atoms with Crippen LogP contribution in [-0.2, 0) is 27.0 Å². The van der Waals surface area contributed by atoms with Gasteiger partial charge in [-0.05, 0) is 30.2 Å². The second-order valence-electron chi connectivity index (χ2n) is 6.96. The Bertz CT molecular complexity index is 1000. The zero-order valence-corrected chi connectivity index (χ0v) is 18.2. The highest BCUT2D eigenvalue weighted by Crippen LogP contribution is 2.33. The van der Waals surface area contributed by atoms with Crippen LogP contribution in [0, 0.1) is 0 Å². The number of benzene rings is 2. The van der Waals surface area contributed by atoms with E-state index in [-0.39, 0.29) is 17.7 Å². The highest BCUT2D eigenvalue weighted by molar-refractivity contribution is 5.91. The summed E-state index contributed by atoms with van der Waals surface area (Å²) in [5.41, 5.74) is 0.266. The number of halogens is 3. The van der Waals surface area contributed by atoms with Gasteiger partial charge in [-0.3, -0.25) is 0 Å². The molecule has 0 spiro atoms. The lowest BCUT2D eigenvalue weighted by atomic mass is 9.95. The average molecular weight is 462 g/mol. The first-order valence-corrected chi connectivity index (χ1v) is 9.95. The van der Waals surface area contributed by atoms with Crippen LogP contribution in [0.2, 0.25) is 0 Å². The lowest BCUT2D eigenvalue weighted by Crippen LogP contribution is -2.35. The summed E-state index contributed by atoms with van der Waals surface area (Å²) < 4.78 is 49.8. The van der Waals surface area contributed by atoms with E-state index in [0.29, 0.717) is 12.2 Å². The molecule has 0 aliphatic carbocycles. The minimum Gasteiger partial charge on any atom is -0.466 e. The first-order chi connectivity index (χ1) is 15.7. The van der Waals surface area contributed by atoms with E-state index in [2.05, 4.69) is 17.2 Å². The van der Waals surface area contributed by atoms with Crippen LogP contribution in [0.5, 0.6) is 0 Å². The van der Waals surface area contributed by atoms with Crippen LogP contribution >= 0.6 is 0 Å². The van der Waals surface area contributed by atoms with Crippen molar-refractivity contribution in [2.24, 2.45) is 0 Å². The van der Waals surface area contributed by atoms with Crippen LogP contribution in [0.4, 0.5) is 18.0 Å². The number of methoxy groups -OCH3 is 1. The van der Waals surface area contributed by atoms with Gasteiger partial charge < -0.3 is 20.1 Å². The van der Waals surface area contributed by atoms with E-state index in [0.717, 1.165) is 24.8 Å². The molecule has 6 nitrogen and oxygen atoms in total. The van der Waals surface area contributed by atoms with Gasteiger partial charge in [0.2, 0.25) is 0 Å². The summed E-state index contributed by atoms with van der Waals surface area (Å²) in [6.07, 6.45) is -4.21. The molecule has 9 heteroatoms. The van der Waals surface area contributed by atoms with Crippen molar-refractivity contribution < 1.29 is 32.2 Å². The van der Waals surface area contributed by atoms with E-state index >= 15 is 0 Å². The number of amides is 1. The fraction of sp³-hybridized carbons (Fsp3) is 0.250. The molecule has 0 saturated carbocycles. The van der Waals surface area contributed by atoms with Crippen LogP contribution in [-0.4, -0.2) is 25.8 Å². The molecular weight excluding hydrogens is 437 g/mol. The number of alkyl carbamates (subject to hydrolysis) is 1. The molecule has 1 atom stereocenters. The molecule has 0 unspecified atom stereocenters. The van der Waals surface area contributed by atoms with E-state index in [1.807, 2.05) is 30.3 Å². The molecule has 0 heterocycles. The van der Waals surface area contributed by atoms with Crippen LogP contribution in [0.25, 0.3) is 0 Å². The van der Waals surface area contributed by atoms with Crippen molar-refractivity contribution in [3.05, 3.63) is 95.2 Å². The Labute approximate surface area is 190 Å². The van der Waals surface area contributed by atoms with Crippen LogP contribution < -0.4 is 10.6 Å². The normalized spacial score (nSPS) is 12.8. The number of hydrogen-bond acceptors (Lipinski definition) is 5. The van der Waals surface area contributed by atoms with Crippen LogP contribution in [0.15, 0.2) is 78.5 Å². The van der Waals surface area contributed by atoms with Crippen molar-refractivity contribution in [2.75, 3.05) is 13.7 Å². The van der Waals surface area contributed by atoms with Gasteiger partial charge in [-0.2, -0.15) is 13.2 Å². The Morgan fingerprint density at radius 3 is 2.42 bits per heavy atom. The fourth-order valence-corrected chi connectivity index (χ4v) is 3.03. The number of carbonyl (C=O) groups is 2. The molecular formula is C24H25F3N2O4. The van der Waals surface area contributed by atoms with E-state index in [1.54, 1.807) is 6.92 Å². The Morgan fingerprint density at radius 1 is 1.12 bits per heavy atom. The lowest BCUT2D eigenvalue weighted by Gasteiger charge is -2.24. The molecule has 2 aromatic rings. The molecule has 0 bridgehead atoms. The molecule has 0 radical (unpaired) electrons. The number of nitrogens with one attached hydrogen (secondary N) is 2. The first-order valence-electron chi connectivity index (χ1n) is 9.95. The summed E-state index contributed by atoms with van der Waals surface area (Å²) in [6, 6.07) is 12.4. The zero-order valence-electron chi connectivity index (χ0n) is 18.2. The quantitative estimate of drug-likeness (QED) is 0.315. The topological polar surface area (TPSA) is 76.7 Å². The standard InChI is InChI=1S/C24H25F3N2O4/c1-4-13-33-23(31)29-21(18-11-8-12-19(14-18)24(25,26)27)20(22(30)32-3)16(2)28-15-17-9-6-5-7-10-17/h4-12,14,21,28H,1,13,15H2,2-3H3,(H,29,31)/b20-16-/t21-/m0/s1. The van der Waals surface area contributed by atoms with Crippen molar-refractivity contribution in [3.63, 3.8) is 0 Å². The summed E-state index contributed by atoms with van der Waals surface area (Å²) in [5.74, 6) is -0.820. The molecule has 1 amide bonds. The summed E-state index contributed by atoms with van der Waals surface area (Å²) >= 11 is 0. The third kappa shape index (κ3) is 7.41. The molecule has 2 N–H and O–H groups in total. The third-order valence-corrected chi connectivity index (χ3v) is 4.64. The Balaban J connectivity index is 2.51. The number of esters is 1. The molecule has 0 aliphatic rings. The van der Waals surface area contributed by atoms with Gasteiger partial charge in [0.1, 0.15) is 6.61 Å². The molecule has 2 aromatic carbocycles. The Morgan fingerprint density at radius 2 is 1.82 bits per heavy atom. The molecule has 0 fully saturated rings. The molecule has 0 aromatic heterocycles. The minimum absolute atomic E-state index is 0.0293. The lowest BCUT2D eigenvalue weighted by molar-refractivity contribution is -0.137. The fourth-order valence-electron chi connectivity index (χ4n) is 3.03. The number of carbonyl (C=O) groups excluding carboxylic acids is 2. The second-order valence-corrected chi connectivity index (χ2v) is 6.96. The Kier molecular flexibility index (Phi) is 9.08. The summed E-state index contributed by atoms with van der Waals surface area (Å²) in [7, 11) is 1.14. The van der Waals surface area contributed by atoms with Gasteiger partial charge in [-0.1, -0.05) is 55.1 Å². The minimum atomic E-state index is -4.61. The van der Waals surface area contributed by atoms with Crippen molar-refractivity contribution in [1.29, 1.82) is 0 Å². The van der Waals surface area contributed by atoms with E-state index in [9.17, 15) is 22.8 Å². The van der Waals surface area contributed by atoms with Gasteiger partial charge >= 0.3 is 18.2 Å². The number of alkyl halides is 3. The van der Waals surface area contributed by atoms with Gasteiger partial charge in [0.05, 0.1) is 24.3 Å². The van der Waals surface area contributed by atoms with Crippen molar-refractivity contribution >= 4 is 12.1 Å². The molecule has 0 saturated heterocycles. The third-order valence-electron chi connectivity index (χ3n) is 4.64. The maximum absolute atomic E-state index is 13.3. The maximum atomic E-state index is 13.3.